The smallest absolute Gasteiger partial charge is 0.338 e. The van der Waals surface area contributed by atoms with E-state index in [1.54, 1.807) is 42.2 Å². The molecule has 0 bridgehead atoms. The molecular weight excluding hydrogens is 532 g/mol. The molecule has 7 heteroatoms. The van der Waals surface area contributed by atoms with E-state index in [2.05, 4.69) is 21.2 Å². The van der Waals surface area contributed by atoms with E-state index in [9.17, 15) is 9.59 Å². The maximum Gasteiger partial charge on any atom is 0.338 e. The molecular formula is C30H25BrN2O4. The summed E-state index contributed by atoms with van der Waals surface area (Å²) in [7, 11) is 0. The van der Waals surface area contributed by atoms with Crippen LogP contribution in [0.25, 0.3) is 0 Å². The number of hydrogen-bond donors (Lipinski definition) is 1. The van der Waals surface area contributed by atoms with Crippen LogP contribution in [0.5, 0.6) is 5.75 Å². The molecule has 1 aliphatic rings. The molecule has 0 saturated carbocycles. The van der Waals surface area contributed by atoms with Crippen molar-refractivity contribution in [2.24, 2.45) is 0 Å². The predicted molar refractivity (Wildman–Crippen MR) is 147 cm³/mol. The third kappa shape index (κ3) is 5.37. The molecule has 5 rings (SSSR count). The first-order valence-corrected chi connectivity index (χ1v) is 12.8. The lowest BCUT2D eigenvalue weighted by molar-refractivity contribution is 0.0526. The minimum atomic E-state index is -0.448. The number of fused-ring (bicyclic) bond motifs is 1. The zero-order valence-electron chi connectivity index (χ0n) is 20.2. The van der Waals surface area contributed by atoms with Crippen molar-refractivity contribution in [1.82, 2.24) is 0 Å². The van der Waals surface area contributed by atoms with Crippen LogP contribution in [0.4, 0.5) is 11.4 Å². The maximum atomic E-state index is 13.6. The second-order valence-electron chi connectivity index (χ2n) is 8.52. The lowest BCUT2D eigenvalue weighted by Crippen LogP contribution is -2.43. The molecule has 0 unspecified atom stereocenters. The van der Waals surface area contributed by atoms with Crippen molar-refractivity contribution < 1.29 is 19.1 Å². The SMILES string of the molecule is CCOC(=O)c1ccc(N2C(=O)c3ccccc3N[C@@H]2c2ccc(OCc3ccc(Br)cc3)cc2)cc1. The highest BCUT2D eigenvalue weighted by Crippen LogP contribution is 2.37. The van der Waals surface area contributed by atoms with E-state index in [1.807, 2.05) is 66.7 Å². The highest BCUT2D eigenvalue weighted by molar-refractivity contribution is 9.10. The first-order chi connectivity index (χ1) is 18.0. The summed E-state index contributed by atoms with van der Waals surface area (Å²) in [5.74, 6) is 0.219. The van der Waals surface area contributed by atoms with Crippen LogP contribution in [0.3, 0.4) is 0 Å². The van der Waals surface area contributed by atoms with Crippen molar-refractivity contribution in [3.63, 3.8) is 0 Å². The van der Waals surface area contributed by atoms with Gasteiger partial charge in [0.05, 0.1) is 17.7 Å². The molecule has 0 spiro atoms. The van der Waals surface area contributed by atoms with Crippen LogP contribution in [0.2, 0.25) is 0 Å². The Morgan fingerprint density at radius 2 is 1.62 bits per heavy atom. The maximum absolute atomic E-state index is 13.6. The molecule has 1 aliphatic heterocycles. The number of halogens is 1. The van der Waals surface area contributed by atoms with Crippen molar-refractivity contribution in [3.8, 4) is 5.75 Å². The number of carbonyl (C=O) groups is 2. The summed E-state index contributed by atoms with van der Waals surface area (Å²) in [6, 6.07) is 30.1. The molecule has 1 heterocycles. The monoisotopic (exact) mass is 556 g/mol. The lowest BCUT2D eigenvalue weighted by atomic mass is 10.0. The summed E-state index contributed by atoms with van der Waals surface area (Å²) >= 11 is 3.44. The van der Waals surface area contributed by atoms with Gasteiger partial charge < -0.3 is 14.8 Å². The normalized spacial score (nSPS) is 14.5. The van der Waals surface area contributed by atoms with Gasteiger partial charge in [0.2, 0.25) is 0 Å². The van der Waals surface area contributed by atoms with Gasteiger partial charge in [-0.25, -0.2) is 4.79 Å². The molecule has 186 valence electrons. The average Bonchev–Trinajstić information content (AvgIpc) is 2.93. The Morgan fingerprint density at radius 3 is 2.32 bits per heavy atom. The van der Waals surface area contributed by atoms with Crippen LogP contribution in [0.1, 0.15) is 44.9 Å². The Hall–Kier alpha value is -4.10. The summed E-state index contributed by atoms with van der Waals surface area (Å²) in [4.78, 5) is 27.4. The number of para-hydroxylation sites is 1. The fourth-order valence-corrected chi connectivity index (χ4v) is 4.48. The van der Waals surface area contributed by atoms with Crippen molar-refractivity contribution in [3.05, 3.63) is 124 Å². The molecule has 0 saturated heterocycles. The third-order valence-corrected chi connectivity index (χ3v) is 6.63. The third-order valence-electron chi connectivity index (χ3n) is 6.10. The molecule has 0 aromatic heterocycles. The second kappa shape index (κ2) is 10.9. The van der Waals surface area contributed by atoms with Gasteiger partial charge in [0.1, 0.15) is 18.5 Å². The summed E-state index contributed by atoms with van der Waals surface area (Å²) in [6.07, 6.45) is -0.448. The van der Waals surface area contributed by atoms with Crippen molar-refractivity contribution in [1.29, 1.82) is 0 Å². The Morgan fingerprint density at radius 1 is 0.919 bits per heavy atom. The fourth-order valence-electron chi connectivity index (χ4n) is 4.22. The molecule has 1 N–H and O–H groups in total. The molecule has 1 atom stereocenters. The van der Waals surface area contributed by atoms with E-state index < -0.39 is 12.1 Å². The van der Waals surface area contributed by atoms with E-state index in [-0.39, 0.29) is 5.91 Å². The van der Waals surface area contributed by atoms with Crippen LogP contribution in [0, 0.1) is 0 Å². The van der Waals surface area contributed by atoms with Crippen LogP contribution < -0.4 is 15.0 Å². The Labute approximate surface area is 224 Å². The van der Waals surface area contributed by atoms with Crippen molar-refractivity contribution >= 4 is 39.2 Å². The zero-order valence-corrected chi connectivity index (χ0v) is 21.8. The first-order valence-electron chi connectivity index (χ1n) is 12.0. The molecule has 0 radical (unpaired) electrons. The van der Waals surface area contributed by atoms with Gasteiger partial charge in [-0.15, -0.1) is 0 Å². The van der Waals surface area contributed by atoms with Crippen LogP contribution in [-0.2, 0) is 11.3 Å². The molecule has 0 aliphatic carbocycles. The molecule has 0 fully saturated rings. The lowest BCUT2D eigenvalue weighted by Gasteiger charge is -2.38. The van der Waals surface area contributed by atoms with Crippen LogP contribution in [0.15, 0.2) is 102 Å². The van der Waals surface area contributed by atoms with Gasteiger partial charge in [0.25, 0.3) is 5.91 Å². The van der Waals surface area contributed by atoms with E-state index >= 15 is 0 Å². The average molecular weight is 557 g/mol. The largest absolute Gasteiger partial charge is 0.489 e. The van der Waals surface area contributed by atoms with Gasteiger partial charge in [-0.2, -0.15) is 0 Å². The number of nitrogens with one attached hydrogen (secondary N) is 1. The van der Waals surface area contributed by atoms with Gasteiger partial charge in [0.15, 0.2) is 0 Å². The van der Waals surface area contributed by atoms with E-state index in [1.165, 1.54) is 0 Å². The Balaban J connectivity index is 1.41. The minimum absolute atomic E-state index is 0.126. The number of hydrogen-bond acceptors (Lipinski definition) is 5. The molecule has 1 amide bonds. The number of carbonyl (C=O) groups excluding carboxylic acids is 2. The van der Waals surface area contributed by atoms with Crippen LogP contribution >= 0.6 is 15.9 Å². The van der Waals surface area contributed by atoms with Crippen molar-refractivity contribution in [2.75, 3.05) is 16.8 Å². The molecule has 37 heavy (non-hydrogen) atoms. The number of rotatable bonds is 7. The van der Waals surface area contributed by atoms with Gasteiger partial charge >= 0.3 is 5.97 Å². The topological polar surface area (TPSA) is 67.9 Å². The number of benzene rings is 4. The Kier molecular flexibility index (Phi) is 7.23. The summed E-state index contributed by atoms with van der Waals surface area (Å²) in [5.41, 5.74) is 4.43. The molecule has 6 nitrogen and oxygen atoms in total. The molecule has 4 aromatic carbocycles. The van der Waals surface area contributed by atoms with Crippen molar-refractivity contribution in [2.45, 2.75) is 19.7 Å². The Bertz CT molecular complexity index is 1400. The molecule has 4 aromatic rings. The predicted octanol–water partition coefficient (Wildman–Crippen LogP) is 6.98. The van der Waals surface area contributed by atoms with Gasteiger partial charge in [0, 0.05) is 15.8 Å². The number of esters is 1. The van der Waals surface area contributed by atoms with Gasteiger partial charge in [-0.05, 0) is 78.7 Å². The number of amides is 1. The zero-order chi connectivity index (χ0) is 25.8. The standard InChI is InChI=1S/C30H25BrN2O4/c1-2-36-30(35)22-9-15-24(16-10-22)33-28(32-27-6-4-3-5-26(27)29(33)34)21-11-17-25(18-12-21)37-19-20-7-13-23(31)14-8-20/h3-18,28,32H,2,19H2,1H3/t28-/m0/s1. The van der Waals surface area contributed by atoms with Crippen LogP contribution in [-0.4, -0.2) is 18.5 Å². The van der Waals surface area contributed by atoms with E-state index in [0.29, 0.717) is 30.0 Å². The minimum Gasteiger partial charge on any atom is -0.489 e. The quantitative estimate of drug-likeness (QED) is 0.249. The summed E-state index contributed by atoms with van der Waals surface area (Å²) < 4.78 is 12.1. The van der Waals surface area contributed by atoms with E-state index in [0.717, 1.165) is 27.0 Å². The summed E-state index contributed by atoms with van der Waals surface area (Å²) in [5, 5.41) is 3.50. The van der Waals surface area contributed by atoms with Gasteiger partial charge in [-0.1, -0.05) is 52.3 Å². The summed E-state index contributed by atoms with van der Waals surface area (Å²) in [6.45, 7) is 2.53. The highest BCUT2D eigenvalue weighted by Gasteiger charge is 2.34. The number of ether oxygens (including phenoxy) is 2. The second-order valence-corrected chi connectivity index (χ2v) is 9.43. The van der Waals surface area contributed by atoms with Gasteiger partial charge in [-0.3, -0.25) is 9.69 Å². The fraction of sp³-hybridized carbons (Fsp3) is 0.133. The highest BCUT2D eigenvalue weighted by atomic mass is 79.9. The van der Waals surface area contributed by atoms with E-state index in [4.69, 9.17) is 9.47 Å². The number of anilines is 2. The number of nitrogens with zero attached hydrogens (tertiary/aromatic N) is 1. The first kappa shape index (κ1) is 24.6.